The summed E-state index contributed by atoms with van der Waals surface area (Å²) in [6.45, 7) is 5.84. The number of hydrogen-bond donors (Lipinski definition) is 2. The van der Waals surface area contributed by atoms with Gasteiger partial charge < -0.3 is 15.1 Å². The van der Waals surface area contributed by atoms with Crippen LogP contribution in [0.2, 0.25) is 0 Å². The Balaban J connectivity index is 1.30. The molecule has 5 atom stereocenters. The van der Waals surface area contributed by atoms with Crippen molar-refractivity contribution in [2.24, 2.45) is 17.8 Å². The van der Waals surface area contributed by atoms with Crippen molar-refractivity contribution >= 4 is 5.91 Å². The van der Waals surface area contributed by atoms with Gasteiger partial charge in [-0.2, -0.15) is 0 Å². The van der Waals surface area contributed by atoms with Crippen molar-refractivity contribution in [2.75, 3.05) is 13.1 Å². The number of piperidine rings is 1. The number of benzene rings is 1. The van der Waals surface area contributed by atoms with Crippen molar-refractivity contribution in [1.82, 2.24) is 4.90 Å². The van der Waals surface area contributed by atoms with Gasteiger partial charge in [0.05, 0.1) is 11.7 Å². The van der Waals surface area contributed by atoms with E-state index in [1.807, 2.05) is 24.0 Å². The van der Waals surface area contributed by atoms with E-state index in [1.165, 1.54) is 17.6 Å². The maximum Gasteiger partial charge on any atom is 0.253 e. The van der Waals surface area contributed by atoms with Crippen LogP contribution in [0.3, 0.4) is 0 Å². The fourth-order valence-corrected chi connectivity index (χ4v) is 6.37. The van der Waals surface area contributed by atoms with Crippen molar-refractivity contribution < 1.29 is 15.0 Å². The van der Waals surface area contributed by atoms with Crippen molar-refractivity contribution in [3.63, 3.8) is 0 Å². The fraction of sp³-hybridized carbons (Fsp3) is 0.645. The van der Waals surface area contributed by atoms with Crippen LogP contribution in [-0.2, 0) is 6.42 Å². The highest BCUT2D eigenvalue weighted by Crippen LogP contribution is 2.48. The zero-order valence-electron chi connectivity index (χ0n) is 21.8. The monoisotopic (exact) mass is 479 g/mol. The molecule has 3 aliphatic rings. The number of aliphatic hydroxyl groups excluding tert-OH is 1. The highest BCUT2D eigenvalue weighted by molar-refractivity contribution is 5.94. The number of unbranched alkanes of at least 4 members (excludes halogenated alkanes) is 1. The summed E-state index contributed by atoms with van der Waals surface area (Å²) in [6, 6.07) is 8.21. The molecule has 2 N–H and O–H groups in total. The Labute approximate surface area is 212 Å². The minimum absolute atomic E-state index is 0.179. The second-order valence-electron chi connectivity index (χ2n) is 11.5. The number of likely N-dealkylation sites (tertiary alicyclic amines) is 1. The third-order valence-electron chi connectivity index (χ3n) is 8.49. The summed E-state index contributed by atoms with van der Waals surface area (Å²) in [7, 11) is 0. The van der Waals surface area contributed by atoms with Gasteiger partial charge in [-0.1, -0.05) is 55.7 Å². The molecular formula is C31H45NO3. The molecule has 0 unspecified atom stereocenters. The summed E-state index contributed by atoms with van der Waals surface area (Å²) >= 11 is 0. The maximum absolute atomic E-state index is 12.9. The molecule has 1 saturated carbocycles. The molecule has 4 heteroatoms. The lowest BCUT2D eigenvalue weighted by molar-refractivity contribution is 0.0513. The van der Waals surface area contributed by atoms with Crippen molar-refractivity contribution in [1.29, 1.82) is 0 Å². The topological polar surface area (TPSA) is 60.8 Å². The number of rotatable bonds is 10. The van der Waals surface area contributed by atoms with E-state index in [4.69, 9.17) is 0 Å². The van der Waals surface area contributed by atoms with Gasteiger partial charge in [-0.25, -0.2) is 0 Å². The fourth-order valence-electron chi connectivity index (χ4n) is 6.37. The minimum atomic E-state index is -0.654. The highest BCUT2D eigenvalue weighted by Gasteiger charge is 2.43. The number of aryl methyl sites for hydroxylation is 1. The molecule has 0 bridgehead atoms. The van der Waals surface area contributed by atoms with E-state index in [2.05, 4.69) is 37.3 Å². The second kappa shape index (κ2) is 11.9. The Kier molecular flexibility index (Phi) is 8.88. The molecule has 4 nitrogen and oxygen atoms in total. The average molecular weight is 480 g/mol. The molecule has 0 aromatic heterocycles. The van der Waals surface area contributed by atoms with Crippen LogP contribution in [-0.4, -0.2) is 45.8 Å². The van der Waals surface area contributed by atoms with Gasteiger partial charge in [0.2, 0.25) is 0 Å². The third kappa shape index (κ3) is 6.86. The lowest BCUT2D eigenvalue weighted by Gasteiger charge is -2.26. The van der Waals surface area contributed by atoms with Crippen molar-refractivity contribution in [3.05, 3.63) is 59.2 Å². The van der Waals surface area contributed by atoms with Crippen LogP contribution in [0.25, 0.3) is 0 Å². The van der Waals surface area contributed by atoms with E-state index in [9.17, 15) is 15.0 Å². The third-order valence-corrected chi connectivity index (χ3v) is 8.49. The number of amides is 1. The quantitative estimate of drug-likeness (QED) is 0.400. The van der Waals surface area contributed by atoms with E-state index >= 15 is 0 Å². The predicted octanol–water partition coefficient (Wildman–Crippen LogP) is 6.08. The van der Waals surface area contributed by atoms with Gasteiger partial charge in [-0.05, 0) is 94.2 Å². The molecule has 2 aliphatic carbocycles. The lowest BCUT2D eigenvalue weighted by atomic mass is 9.87. The van der Waals surface area contributed by atoms with Crippen LogP contribution in [0.1, 0.15) is 94.0 Å². The number of aliphatic hydroxyl groups is 2. The Bertz CT molecular complexity index is 912. The Morgan fingerprint density at radius 2 is 2.00 bits per heavy atom. The van der Waals surface area contributed by atoms with E-state index < -0.39 is 5.60 Å². The molecule has 2 fully saturated rings. The molecule has 192 valence electrons. The first-order valence-electron chi connectivity index (χ1n) is 14.0. The number of fused-ring (bicyclic) bond motifs is 1. The number of hydrogen-bond acceptors (Lipinski definition) is 3. The zero-order valence-corrected chi connectivity index (χ0v) is 21.8. The molecular weight excluding hydrogens is 434 g/mol. The molecule has 1 aromatic rings. The molecule has 1 aliphatic heterocycles. The van der Waals surface area contributed by atoms with E-state index in [0.29, 0.717) is 18.3 Å². The number of nitrogens with zero attached hydrogens (tertiary/aromatic N) is 1. The van der Waals surface area contributed by atoms with E-state index in [-0.39, 0.29) is 17.9 Å². The molecule has 1 aromatic carbocycles. The summed E-state index contributed by atoms with van der Waals surface area (Å²) < 4.78 is 0. The van der Waals surface area contributed by atoms with Gasteiger partial charge in [0.1, 0.15) is 0 Å². The van der Waals surface area contributed by atoms with Crippen LogP contribution < -0.4 is 0 Å². The predicted molar refractivity (Wildman–Crippen MR) is 142 cm³/mol. The molecule has 0 spiro atoms. The summed E-state index contributed by atoms with van der Waals surface area (Å²) in [4.78, 5) is 14.9. The highest BCUT2D eigenvalue weighted by atomic mass is 16.3. The van der Waals surface area contributed by atoms with Gasteiger partial charge in [0.15, 0.2) is 0 Å². The van der Waals surface area contributed by atoms with Crippen LogP contribution >= 0.6 is 0 Å². The Morgan fingerprint density at radius 1 is 1.20 bits per heavy atom. The zero-order chi connectivity index (χ0) is 24.8. The minimum Gasteiger partial charge on any atom is -0.392 e. The first-order chi connectivity index (χ1) is 16.9. The SMILES string of the molecule is CCCC[C@](C)(O)C/C=C/[C@@H]1[C@H]2CC(CCc3cccc(C(=O)N4CCCCC4)c3)=C[C@H]2C[C@H]1O. The molecule has 1 saturated heterocycles. The summed E-state index contributed by atoms with van der Waals surface area (Å²) in [5, 5.41) is 21.2. The maximum atomic E-state index is 12.9. The molecule has 0 radical (unpaired) electrons. The van der Waals surface area contributed by atoms with Crippen LogP contribution in [0.4, 0.5) is 0 Å². The van der Waals surface area contributed by atoms with Gasteiger partial charge in [0.25, 0.3) is 5.91 Å². The first-order valence-corrected chi connectivity index (χ1v) is 14.0. The van der Waals surface area contributed by atoms with Crippen LogP contribution in [0, 0.1) is 17.8 Å². The Hall–Kier alpha value is -1.91. The number of carbonyl (C=O) groups is 1. The van der Waals surface area contributed by atoms with Crippen LogP contribution in [0.5, 0.6) is 0 Å². The first kappa shape index (κ1) is 26.2. The van der Waals surface area contributed by atoms with Gasteiger partial charge >= 0.3 is 0 Å². The van der Waals surface area contributed by atoms with Gasteiger partial charge in [0, 0.05) is 24.6 Å². The molecule has 1 heterocycles. The molecule has 35 heavy (non-hydrogen) atoms. The summed E-state index contributed by atoms with van der Waals surface area (Å²) in [6.07, 6.45) is 17.4. The standard InChI is InChI=1S/C31H45NO3/c1-3-4-15-31(2,35)16-9-12-27-28-21-24(20-26(28)22-29(27)33)14-13-23-10-8-11-25(19-23)30(34)32-17-6-5-7-18-32/h8-12,19-20,26-29,33,35H,3-7,13-18,21-22H2,1-2H3/b12-9+/t26-,27+,28-,29+,31-/m0/s1. The Morgan fingerprint density at radius 3 is 2.77 bits per heavy atom. The van der Waals surface area contributed by atoms with Crippen molar-refractivity contribution in [2.45, 2.75) is 96.2 Å². The second-order valence-corrected chi connectivity index (χ2v) is 11.5. The molecule has 1 amide bonds. The van der Waals surface area contributed by atoms with Crippen molar-refractivity contribution in [3.8, 4) is 0 Å². The van der Waals surface area contributed by atoms with Gasteiger partial charge in [-0.3, -0.25) is 4.79 Å². The summed E-state index contributed by atoms with van der Waals surface area (Å²) in [5.74, 6) is 1.30. The van der Waals surface area contributed by atoms with E-state index in [1.54, 1.807) is 0 Å². The average Bonchev–Trinajstić information content (AvgIpc) is 3.38. The largest absolute Gasteiger partial charge is 0.392 e. The smallest absolute Gasteiger partial charge is 0.253 e. The van der Waals surface area contributed by atoms with Crippen LogP contribution in [0.15, 0.2) is 48.1 Å². The number of allylic oxidation sites excluding steroid dienone is 2. The molecule has 4 rings (SSSR count). The van der Waals surface area contributed by atoms with Gasteiger partial charge in [-0.15, -0.1) is 0 Å². The number of carbonyl (C=O) groups excluding carboxylic acids is 1. The summed E-state index contributed by atoms with van der Waals surface area (Å²) in [5.41, 5.74) is 2.90. The normalized spacial score (nSPS) is 28.2. The lowest BCUT2D eigenvalue weighted by Crippen LogP contribution is -2.35. The van der Waals surface area contributed by atoms with E-state index in [0.717, 1.165) is 76.4 Å².